The quantitative estimate of drug-likeness (QED) is 0.666. The number of nitrogens with one attached hydrogen (secondary N) is 1. The first-order chi connectivity index (χ1) is 15.9. The number of sulfonamides is 1. The zero-order valence-electron chi connectivity index (χ0n) is 18.5. The number of ether oxygens (including phenoxy) is 1. The van der Waals surface area contributed by atoms with E-state index in [4.69, 9.17) is 4.74 Å². The van der Waals surface area contributed by atoms with Crippen LogP contribution in [0.2, 0.25) is 0 Å². The summed E-state index contributed by atoms with van der Waals surface area (Å²) in [5.41, 5.74) is 1.15. The summed E-state index contributed by atoms with van der Waals surface area (Å²) < 4.78 is 45.6. The van der Waals surface area contributed by atoms with Crippen LogP contribution < -0.4 is 5.32 Å². The number of amides is 1. The number of carbonyl (C=O) groups is 1. The number of carbonyl (C=O) groups excluding carboxylic acids is 1. The zero-order chi connectivity index (χ0) is 23.3. The molecule has 4 rings (SSSR count). The largest absolute Gasteiger partial charge is 0.379 e. The maximum Gasteiger partial charge on any atom is 0.243 e. The number of morpholine rings is 1. The lowest BCUT2D eigenvalue weighted by atomic mass is 9.97. The molecule has 2 saturated heterocycles. The Hall–Kier alpha value is -2.33. The molecule has 33 heavy (non-hydrogen) atoms. The van der Waals surface area contributed by atoms with Gasteiger partial charge in [-0.3, -0.25) is 9.69 Å². The molecule has 0 saturated carbocycles. The van der Waals surface area contributed by atoms with Gasteiger partial charge in [-0.25, -0.2) is 12.8 Å². The summed E-state index contributed by atoms with van der Waals surface area (Å²) in [5.74, 6) is -0.746. The minimum absolute atomic E-state index is 0.0389. The predicted octanol–water partition coefficient (Wildman–Crippen LogP) is 2.42. The Kier molecular flexibility index (Phi) is 7.75. The summed E-state index contributed by atoms with van der Waals surface area (Å²) in [4.78, 5) is 15.3. The van der Waals surface area contributed by atoms with E-state index in [-0.39, 0.29) is 35.9 Å². The predicted molar refractivity (Wildman–Crippen MR) is 122 cm³/mol. The Morgan fingerprint density at radius 3 is 2.27 bits per heavy atom. The maximum atomic E-state index is 13.2. The van der Waals surface area contributed by atoms with E-state index in [1.165, 1.54) is 16.4 Å². The van der Waals surface area contributed by atoms with Crippen LogP contribution >= 0.6 is 0 Å². The molecule has 0 aliphatic carbocycles. The molecule has 2 heterocycles. The monoisotopic (exact) mass is 475 g/mol. The first-order valence-corrected chi connectivity index (χ1v) is 12.8. The van der Waals surface area contributed by atoms with E-state index >= 15 is 0 Å². The van der Waals surface area contributed by atoms with E-state index < -0.39 is 15.8 Å². The molecule has 2 fully saturated rings. The molecule has 0 spiro atoms. The fraction of sp³-hybridized carbons (Fsp3) is 0.458. The third kappa shape index (κ3) is 5.78. The summed E-state index contributed by atoms with van der Waals surface area (Å²) in [6, 6.07) is 15.0. The van der Waals surface area contributed by atoms with E-state index in [1.54, 1.807) is 0 Å². The average Bonchev–Trinajstić information content (AvgIpc) is 2.86. The van der Waals surface area contributed by atoms with Crippen LogP contribution in [0.4, 0.5) is 4.39 Å². The highest BCUT2D eigenvalue weighted by Gasteiger charge is 2.32. The minimum atomic E-state index is -3.69. The van der Waals surface area contributed by atoms with Crippen LogP contribution in [0, 0.1) is 11.7 Å². The van der Waals surface area contributed by atoms with Crippen molar-refractivity contribution in [2.75, 3.05) is 45.9 Å². The topological polar surface area (TPSA) is 79.0 Å². The number of halogens is 1. The minimum Gasteiger partial charge on any atom is -0.379 e. The van der Waals surface area contributed by atoms with Crippen LogP contribution in [-0.2, 0) is 19.6 Å². The van der Waals surface area contributed by atoms with Gasteiger partial charge in [0.1, 0.15) is 5.82 Å². The van der Waals surface area contributed by atoms with Crippen molar-refractivity contribution in [2.45, 2.75) is 23.8 Å². The second kappa shape index (κ2) is 10.7. The summed E-state index contributed by atoms with van der Waals surface area (Å²) >= 11 is 0. The number of nitrogens with zero attached hydrogens (tertiary/aromatic N) is 2. The molecule has 1 amide bonds. The number of piperidine rings is 1. The van der Waals surface area contributed by atoms with Crippen molar-refractivity contribution >= 4 is 15.9 Å². The van der Waals surface area contributed by atoms with Crippen molar-refractivity contribution < 1.29 is 22.3 Å². The molecule has 0 radical (unpaired) electrons. The summed E-state index contributed by atoms with van der Waals surface area (Å²) in [6.07, 6.45) is 0.916. The van der Waals surface area contributed by atoms with Crippen molar-refractivity contribution in [2.24, 2.45) is 5.92 Å². The van der Waals surface area contributed by atoms with E-state index in [1.807, 2.05) is 18.2 Å². The standard InChI is InChI=1S/C24H30FN3O4S/c25-21-6-8-22(9-7-21)33(30,31)28-12-10-20(11-13-28)24(29)26-18-23(19-4-2-1-3-5-19)27-14-16-32-17-15-27/h1-9,20,23H,10-18H2,(H,26,29)/t23-/m1/s1. The van der Waals surface area contributed by atoms with Gasteiger partial charge in [0.05, 0.1) is 24.2 Å². The number of benzene rings is 2. The molecule has 0 bridgehead atoms. The Morgan fingerprint density at radius 2 is 1.64 bits per heavy atom. The molecule has 1 N–H and O–H groups in total. The van der Waals surface area contributed by atoms with Crippen molar-refractivity contribution in [1.29, 1.82) is 0 Å². The number of hydrogen-bond donors (Lipinski definition) is 1. The van der Waals surface area contributed by atoms with Crippen molar-refractivity contribution in [3.05, 3.63) is 66.0 Å². The third-order valence-electron chi connectivity index (χ3n) is 6.42. The molecule has 0 unspecified atom stereocenters. The van der Waals surface area contributed by atoms with Crippen LogP contribution in [0.1, 0.15) is 24.4 Å². The molecule has 178 valence electrons. The van der Waals surface area contributed by atoms with Gasteiger partial charge in [-0.2, -0.15) is 4.31 Å². The van der Waals surface area contributed by atoms with Crippen LogP contribution in [0.25, 0.3) is 0 Å². The fourth-order valence-electron chi connectivity index (χ4n) is 4.48. The molecular formula is C24H30FN3O4S. The summed E-state index contributed by atoms with van der Waals surface area (Å²) in [5, 5.41) is 3.11. The zero-order valence-corrected chi connectivity index (χ0v) is 19.3. The molecular weight excluding hydrogens is 445 g/mol. The third-order valence-corrected chi connectivity index (χ3v) is 8.33. The molecule has 9 heteroatoms. The molecule has 2 aliphatic heterocycles. The highest BCUT2D eigenvalue weighted by atomic mass is 32.2. The van der Waals surface area contributed by atoms with Crippen LogP contribution in [0.5, 0.6) is 0 Å². The van der Waals surface area contributed by atoms with Crippen LogP contribution in [0.3, 0.4) is 0 Å². The summed E-state index contributed by atoms with van der Waals surface area (Å²) in [7, 11) is -3.69. The highest BCUT2D eigenvalue weighted by molar-refractivity contribution is 7.89. The van der Waals surface area contributed by atoms with E-state index in [9.17, 15) is 17.6 Å². The lowest BCUT2D eigenvalue weighted by Crippen LogP contribution is -2.46. The van der Waals surface area contributed by atoms with Gasteiger partial charge in [0, 0.05) is 38.6 Å². The van der Waals surface area contributed by atoms with Crippen molar-refractivity contribution in [3.63, 3.8) is 0 Å². The molecule has 1 atom stereocenters. The number of hydrogen-bond acceptors (Lipinski definition) is 5. The van der Waals surface area contributed by atoms with Gasteiger partial charge >= 0.3 is 0 Å². The molecule has 2 aliphatic rings. The lowest BCUT2D eigenvalue weighted by molar-refractivity contribution is -0.126. The molecule has 2 aromatic carbocycles. The SMILES string of the molecule is O=C(NC[C@H](c1ccccc1)N1CCOCC1)C1CCN(S(=O)(=O)c2ccc(F)cc2)CC1. The average molecular weight is 476 g/mol. The van der Waals surface area contributed by atoms with Gasteiger partial charge in [0.15, 0.2) is 0 Å². The van der Waals surface area contributed by atoms with Gasteiger partial charge in [0.25, 0.3) is 0 Å². The van der Waals surface area contributed by atoms with Gasteiger partial charge in [-0.1, -0.05) is 30.3 Å². The smallest absolute Gasteiger partial charge is 0.243 e. The van der Waals surface area contributed by atoms with Gasteiger partial charge in [-0.05, 0) is 42.7 Å². The normalized spacial score (nSPS) is 19.8. The second-order valence-electron chi connectivity index (χ2n) is 8.45. The Bertz CT molecular complexity index is 1020. The fourth-order valence-corrected chi connectivity index (χ4v) is 5.95. The van der Waals surface area contributed by atoms with E-state index in [0.717, 1.165) is 30.8 Å². The first-order valence-electron chi connectivity index (χ1n) is 11.4. The van der Waals surface area contributed by atoms with Crippen molar-refractivity contribution in [3.8, 4) is 0 Å². The maximum absolute atomic E-state index is 13.2. The Balaban J connectivity index is 1.34. The molecule has 0 aromatic heterocycles. The van der Waals surface area contributed by atoms with Crippen molar-refractivity contribution in [1.82, 2.24) is 14.5 Å². The Morgan fingerprint density at radius 1 is 1.00 bits per heavy atom. The van der Waals surface area contributed by atoms with Crippen LogP contribution in [-0.4, -0.2) is 69.5 Å². The first kappa shape index (κ1) is 23.8. The van der Waals surface area contributed by atoms with Gasteiger partial charge in [-0.15, -0.1) is 0 Å². The Labute approximate surface area is 194 Å². The van der Waals surface area contributed by atoms with Gasteiger partial charge in [0.2, 0.25) is 15.9 Å². The lowest BCUT2D eigenvalue weighted by Gasteiger charge is -2.35. The van der Waals surface area contributed by atoms with E-state index in [2.05, 4.69) is 22.3 Å². The van der Waals surface area contributed by atoms with E-state index in [0.29, 0.717) is 32.6 Å². The highest BCUT2D eigenvalue weighted by Crippen LogP contribution is 2.25. The summed E-state index contributed by atoms with van der Waals surface area (Å²) in [6.45, 7) is 4.02. The van der Waals surface area contributed by atoms with Gasteiger partial charge < -0.3 is 10.1 Å². The van der Waals surface area contributed by atoms with Crippen LogP contribution in [0.15, 0.2) is 59.5 Å². The molecule has 2 aromatic rings. The number of rotatable bonds is 7. The molecule has 7 nitrogen and oxygen atoms in total. The second-order valence-corrected chi connectivity index (χ2v) is 10.4.